The van der Waals surface area contributed by atoms with Gasteiger partial charge in [-0.05, 0) is 38.6 Å². The van der Waals surface area contributed by atoms with Crippen LogP contribution in [-0.2, 0) is 9.53 Å². The van der Waals surface area contributed by atoms with E-state index in [0.717, 1.165) is 32.5 Å². The number of carbonyl (C=O) groups is 1. The van der Waals surface area contributed by atoms with Gasteiger partial charge >= 0.3 is 5.97 Å². The molecule has 0 aromatic rings. The van der Waals surface area contributed by atoms with Gasteiger partial charge in [-0.3, -0.25) is 9.69 Å². The third-order valence-electron chi connectivity index (χ3n) is 3.78. The lowest BCUT2D eigenvalue weighted by Gasteiger charge is -2.33. The minimum atomic E-state index is -0.0789. The fourth-order valence-electron chi connectivity index (χ4n) is 2.96. The van der Waals surface area contributed by atoms with Crippen LogP contribution >= 0.6 is 0 Å². The van der Waals surface area contributed by atoms with Gasteiger partial charge in [-0.25, -0.2) is 0 Å². The Labute approximate surface area is 124 Å². The highest BCUT2D eigenvalue weighted by Crippen LogP contribution is 2.16. The SMILES string of the molecule is CCCC(C(=O)OCC)N(CC(C)C)CC1CCCN1. The van der Waals surface area contributed by atoms with Gasteiger partial charge in [0.15, 0.2) is 0 Å². The van der Waals surface area contributed by atoms with Crippen LogP contribution in [0.25, 0.3) is 0 Å². The van der Waals surface area contributed by atoms with Gasteiger partial charge in [0.1, 0.15) is 6.04 Å². The highest BCUT2D eigenvalue weighted by Gasteiger charge is 2.29. The molecule has 0 amide bonds. The molecule has 1 rings (SSSR count). The molecule has 1 aliphatic rings. The number of hydrogen-bond acceptors (Lipinski definition) is 4. The average Bonchev–Trinajstić information content (AvgIpc) is 2.87. The quantitative estimate of drug-likeness (QED) is 0.660. The van der Waals surface area contributed by atoms with Crippen molar-refractivity contribution in [3.05, 3.63) is 0 Å². The predicted octanol–water partition coefficient (Wildman–Crippen LogP) is 2.43. The Kier molecular flexibility index (Phi) is 8.15. The molecule has 2 unspecified atom stereocenters. The number of hydrogen-bond donors (Lipinski definition) is 1. The Hall–Kier alpha value is -0.610. The standard InChI is InChI=1S/C16H32N2O2/c1-5-8-15(16(19)20-6-2)18(11-13(3)4)12-14-9-7-10-17-14/h13-15,17H,5-12H2,1-4H3. The Morgan fingerprint density at radius 1 is 1.40 bits per heavy atom. The number of esters is 1. The normalized spacial score (nSPS) is 20.6. The van der Waals surface area contributed by atoms with Crippen LogP contribution in [0.15, 0.2) is 0 Å². The van der Waals surface area contributed by atoms with E-state index in [4.69, 9.17) is 4.74 Å². The van der Waals surface area contributed by atoms with Gasteiger partial charge < -0.3 is 10.1 Å². The maximum atomic E-state index is 12.2. The molecule has 0 spiro atoms. The zero-order valence-corrected chi connectivity index (χ0v) is 13.7. The first kappa shape index (κ1) is 17.4. The Balaban J connectivity index is 2.70. The van der Waals surface area contributed by atoms with Crippen molar-refractivity contribution in [1.29, 1.82) is 0 Å². The van der Waals surface area contributed by atoms with E-state index in [1.165, 1.54) is 12.8 Å². The van der Waals surface area contributed by atoms with Gasteiger partial charge in [0, 0.05) is 19.1 Å². The minimum Gasteiger partial charge on any atom is -0.465 e. The number of ether oxygens (including phenoxy) is 1. The largest absolute Gasteiger partial charge is 0.465 e. The third kappa shape index (κ3) is 5.80. The van der Waals surface area contributed by atoms with Crippen LogP contribution in [0.3, 0.4) is 0 Å². The molecular weight excluding hydrogens is 252 g/mol. The van der Waals surface area contributed by atoms with E-state index < -0.39 is 0 Å². The number of nitrogens with zero attached hydrogens (tertiary/aromatic N) is 1. The van der Waals surface area contributed by atoms with Gasteiger partial charge in [0.2, 0.25) is 0 Å². The van der Waals surface area contributed by atoms with Crippen molar-refractivity contribution >= 4 is 5.97 Å². The van der Waals surface area contributed by atoms with Crippen molar-refractivity contribution in [3.63, 3.8) is 0 Å². The summed E-state index contributed by atoms with van der Waals surface area (Å²) in [6.45, 7) is 11.9. The van der Waals surface area contributed by atoms with E-state index in [1.54, 1.807) is 0 Å². The van der Waals surface area contributed by atoms with Crippen molar-refractivity contribution in [2.24, 2.45) is 5.92 Å². The second kappa shape index (κ2) is 9.35. The molecule has 0 aliphatic carbocycles. The van der Waals surface area contributed by atoms with Gasteiger partial charge in [-0.1, -0.05) is 27.2 Å². The fraction of sp³-hybridized carbons (Fsp3) is 0.938. The summed E-state index contributed by atoms with van der Waals surface area (Å²) in [5.41, 5.74) is 0. The van der Waals surface area contributed by atoms with E-state index in [1.807, 2.05) is 6.92 Å². The maximum absolute atomic E-state index is 12.2. The molecule has 1 heterocycles. The van der Waals surface area contributed by atoms with Gasteiger partial charge in [0.05, 0.1) is 6.61 Å². The van der Waals surface area contributed by atoms with Crippen molar-refractivity contribution < 1.29 is 9.53 Å². The Morgan fingerprint density at radius 3 is 2.65 bits per heavy atom. The van der Waals surface area contributed by atoms with Gasteiger partial charge in [-0.15, -0.1) is 0 Å². The molecule has 1 aliphatic heterocycles. The first-order valence-corrected chi connectivity index (χ1v) is 8.22. The van der Waals surface area contributed by atoms with E-state index in [2.05, 4.69) is 31.0 Å². The molecule has 0 aromatic heterocycles. The van der Waals surface area contributed by atoms with E-state index in [-0.39, 0.29) is 12.0 Å². The molecule has 0 aromatic carbocycles. The van der Waals surface area contributed by atoms with Crippen LogP contribution in [0.4, 0.5) is 0 Å². The topological polar surface area (TPSA) is 41.6 Å². The second-order valence-electron chi connectivity index (χ2n) is 6.20. The molecule has 1 fully saturated rings. The lowest BCUT2D eigenvalue weighted by molar-refractivity contribution is -0.150. The van der Waals surface area contributed by atoms with Crippen LogP contribution in [0, 0.1) is 5.92 Å². The van der Waals surface area contributed by atoms with Crippen LogP contribution in [0.5, 0.6) is 0 Å². The second-order valence-corrected chi connectivity index (χ2v) is 6.20. The van der Waals surface area contributed by atoms with Crippen molar-refractivity contribution in [1.82, 2.24) is 10.2 Å². The molecule has 2 atom stereocenters. The smallest absolute Gasteiger partial charge is 0.323 e. The summed E-state index contributed by atoms with van der Waals surface area (Å²) < 4.78 is 5.28. The molecule has 0 saturated carbocycles. The molecule has 4 nitrogen and oxygen atoms in total. The highest BCUT2D eigenvalue weighted by molar-refractivity contribution is 5.75. The van der Waals surface area contributed by atoms with E-state index >= 15 is 0 Å². The molecule has 20 heavy (non-hydrogen) atoms. The summed E-state index contributed by atoms with van der Waals surface area (Å²) in [6, 6.07) is 0.451. The summed E-state index contributed by atoms with van der Waals surface area (Å²) in [7, 11) is 0. The van der Waals surface area contributed by atoms with Crippen LogP contribution in [0.2, 0.25) is 0 Å². The number of nitrogens with one attached hydrogen (secondary N) is 1. The lowest BCUT2D eigenvalue weighted by Crippen LogP contribution is -2.49. The molecule has 4 heteroatoms. The predicted molar refractivity (Wildman–Crippen MR) is 82.8 cm³/mol. The van der Waals surface area contributed by atoms with E-state index in [0.29, 0.717) is 18.6 Å². The first-order chi connectivity index (χ1) is 9.58. The van der Waals surface area contributed by atoms with Crippen molar-refractivity contribution in [3.8, 4) is 0 Å². The summed E-state index contributed by atoms with van der Waals surface area (Å²) in [6.07, 6.45) is 4.36. The van der Waals surface area contributed by atoms with Crippen LogP contribution < -0.4 is 5.32 Å². The van der Waals surface area contributed by atoms with Crippen LogP contribution in [0.1, 0.15) is 53.4 Å². The van der Waals surface area contributed by atoms with Crippen molar-refractivity contribution in [2.75, 3.05) is 26.2 Å². The Morgan fingerprint density at radius 2 is 2.15 bits per heavy atom. The summed E-state index contributed by atoms with van der Waals surface area (Å²) in [5, 5.41) is 3.53. The minimum absolute atomic E-state index is 0.0482. The zero-order chi connectivity index (χ0) is 15.0. The molecular formula is C16H32N2O2. The highest BCUT2D eigenvalue weighted by atomic mass is 16.5. The average molecular weight is 284 g/mol. The lowest BCUT2D eigenvalue weighted by atomic mass is 10.1. The molecule has 118 valence electrons. The summed E-state index contributed by atoms with van der Waals surface area (Å²) in [4.78, 5) is 14.6. The van der Waals surface area contributed by atoms with Gasteiger partial charge in [-0.2, -0.15) is 0 Å². The first-order valence-electron chi connectivity index (χ1n) is 8.22. The summed E-state index contributed by atoms with van der Waals surface area (Å²) >= 11 is 0. The summed E-state index contributed by atoms with van der Waals surface area (Å²) in [5.74, 6) is 0.512. The van der Waals surface area contributed by atoms with E-state index in [9.17, 15) is 4.79 Å². The molecule has 1 saturated heterocycles. The number of rotatable bonds is 9. The molecule has 0 radical (unpaired) electrons. The molecule has 1 N–H and O–H groups in total. The van der Waals surface area contributed by atoms with Crippen molar-refractivity contribution in [2.45, 2.75) is 65.5 Å². The number of carbonyl (C=O) groups excluding carboxylic acids is 1. The van der Waals surface area contributed by atoms with Gasteiger partial charge in [0.25, 0.3) is 0 Å². The van der Waals surface area contributed by atoms with Crippen LogP contribution in [-0.4, -0.2) is 49.2 Å². The monoisotopic (exact) mass is 284 g/mol. The molecule has 0 bridgehead atoms. The zero-order valence-electron chi connectivity index (χ0n) is 13.7. The Bertz CT molecular complexity index is 276. The fourth-order valence-corrected chi connectivity index (χ4v) is 2.96. The third-order valence-corrected chi connectivity index (χ3v) is 3.78. The maximum Gasteiger partial charge on any atom is 0.323 e.